The molecule has 1 aromatic rings. The average molecular weight is 415 g/mol. The fourth-order valence-electron chi connectivity index (χ4n) is 1.99. The molecule has 0 spiro atoms. The second kappa shape index (κ2) is 10.3. The van der Waals surface area contributed by atoms with E-state index in [2.05, 4.69) is 5.32 Å². The Bertz CT molecular complexity index is 746. The number of carbonyl (C=O) groups is 4. The van der Waals surface area contributed by atoms with Gasteiger partial charge in [-0.05, 0) is 26.3 Å². The van der Waals surface area contributed by atoms with Crippen LogP contribution in [0.25, 0.3) is 0 Å². The molecule has 0 bridgehead atoms. The minimum Gasteiger partial charge on any atom is -0.480 e. The first-order valence-electron chi connectivity index (χ1n) is 8.58. The molecule has 3 amide bonds. The first kappa shape index (κ1) is 23.8. The highest BCUT2D eigenvalue weighted by Gasteiger charge is 2.45. The Morgan fingerprint density at radius 1 is 1.07 bits per heavy atom. The van der Waals surface area contributed by atoms with Crippen molar-refractivity contribution in [2.45, 2.75) is 51.4 Å². The van der Waals surface area contributed by atoms with Crippen LogP contribution in [-0.2, 0) is 25.7 Å². The highest BCUT2D eigenvalue weighted by molar-refractivity contribution is 5.94. The normalized spacial score (nSPS) is 14.8. The topological polar surface area (TPSA) is 134 Å². The number of hydrogen-bond donors (Lipinski definition) is 4. The maximum Gasteiger partial charge on any atom is 0.408 e. The van der Waals surface area contributed by atoms with Gasteiger partial charge in [0.05, 0.1) is 0 Å². The highest BCUT2D eigenvalue weighted by Crippen LogP contribution is 2.17. The van der Waals surface area contributed by atoms with Crippen molar-refractivity contribution < 1.29 is 37.8 Å². The van der Waals surface area contributed by atoms with Crippen molar-refractivity contribution in [1.29, 1.82) is 0 Å². The molecule has 1 rings (SSSR count). The van der Waals surface area contributed by atoms with Gasteiger partial charge in [0.2, 0.25) is 5.91 Å². The van der Waals surface area contributed by atoms with E-state index in [-0.39, 0.29) is 6.61 Å². The number of carboxylic acids is 1. The minimum absolute atomic E-state index is 0.195. The second-order valence-electron chi connectivity index (χ2n) is 6.45. The van der Waals surface area contributed by atoms with Gasteiger partial charge >= 0.3 is 12.1 Å². The average Bonchev–Trinajstić information content (AvgIpc) is 2.66. The first-order valence-corrected chi connectivity index (χ1v) is 8.58. The molecule has 0 aliphatic rings. The molecule has 0 aromatic heterocycles. The van der Waals surface area contributed by atoms with E-state index in [0.29, 0.717) is 5.56 Å². The minimum atomic E-state index is -3.32. The van der Waals surface area contributed by atoms with E-state index in [0.717, 1.165) is 6.92 Å². The fourth-order valence-corrected chi connectivity index (χ4v) is 1.99. The number of alkyl halides is 2. The van der Waals surface area contributed by atoms with E-state index >= 15 is 0 Å². The summed E-state index contributed by atoms with van der Waals surface area (Å²) in [6.45, 7) is 2.96. The van der Waals surface area contributed by atoms with Gasteiger partial charge in [-0.2, -0.15) is 0 Å². The molecule has 0 saturated heterocycles. The summed E-state index contributed by atoms with van der Waals surface area (Å²) >= 11 is 0. The standard InChI is InChI=1S/C18H23F2N3O6/c1-10(13(24)21-11(2)14(25)26)22-16(27)18(3,15(19)20)23-17(28)29-9-12-7-5-4-6-8-12/h4-8,10-11,15H,9H2,1-3H3,(H,21,24)(H,22,27)(H,23,28)(H,25,26)/t10-,11-,18?/m0/s1. The summed E-state index contributed by atoms with van der Waals surface area (Å²) in [5.74, 6) is -3.54. The third kappa shape index (κ3) is 7.01. The summed E-state index contributed by atoms with van der Waals surface area (Å²) in [6, 6.07) is 5.89. The van der Waals surface area contributed by atoms with Crippen LogP contribution < -0.4 is 16.0 Å². The van der Waals surface area contributed by atoms with E-state index in [1.54, 1.807) is 30.3 Å². The van der Waals surface area contributed by atoms with Crippen LogP contribution in [0, 0.1) is 0 Å². The number of benzene rings is 1. The van der Waals surface area contributed by atoms with Gasteiger partial charge in [0.25, 0.3) is 12.3 Å². The Hall–Kier alpha value is -3.24. The van der Waals surface area contributed by atoms with E-state index < -0.39 is 47.9 Å². The molecular formula is C18H23F2N3O6. The zero-order chi connectivity index (χ0) is 22.2. The number of alkyl carbamates (subject to hydrolysis) is 1. The number of aliphatic carboxylic acids is 1. The van der Waals surface area contributed by atoms with E-state index in [4.69, 9.17) is 9.84 Å². The second-order valence-corrected chi connectivity index (χ2v) is 6.45. The lowest BCUT2D eigenvalue weighted by Gasteiger charge is -2.29. The Balaban J connectivity index is 2.72. The summed E-state index contributed by atoms with van der Waals surface area (Å²) in [5, 5.41) is 14.7. The zero-order valence-electron chi connectivity index (χ0n) is 16.1. The molecule has 29 heavy (non-hydrogen) atoms. The molecule has 0 aliphatic carbocycles. The third-order valence-electron chi connectivity index (χ3n) is 3.95. The number of carbonyl (C=O) groups excluding carboxylic acids is 3. The van der Waals surface area contributed by atoms with Gasteiger partial charge in [0.1, 0.15) is 18.7 Å². The Labute approximate surface area is 165 Å². The molecule has 160 valence electrons. The van der Waals surface area contributed by atoms with Gasteiger partial charge in [-0.3, -0.25) is 14.4 Å². The van der Waals surface area contributed by atoms with Crippen molar-refractivity contribution >= 4 is 23.9 Å². The van der Waals surface area contributed by atoms with Gasteiger partial charge in [-0.1, -0.05) is 30.3 Å². The Morgan fingerprint density at radius 2 is 1.66 bits per heavy atom. The van der Waals surface area contributed by atoms with Crippen molar-refractivity contribution in [2.75, 3.05) is 0 Å². The monoisotopic (exact) mass is 415 g/mol. The lowest BCUT2D eigenvalue weighted by Crippen LogP contribution is -2.63. The van der Waals surface area contributed by atoms with Crippen molar-refractivity contribution in [3.8, 4) is 0 Å². The molecular weight excluding hydrogens is 392 g/mol. The molecule has 9 nitrogen and oxygen atoms in total. The van der Waals surface area contributed by atoms with Crippen LogP contribution in [0.15, 0.2) is 30.3 Å². The number of halogens is 2. The Kier molecular flexibility index (Phi) is 8.49. The van der Waals surface area contributed by atoms with E-state index in [1.165, 1.54) is 13.8 Å². The van der Waals surface area contributed by atoms with Crippen molar-refractivity contribution in [3.05, 3.63) is 35.9 Å². The number of hydrogen-bond acceptors (Lipinski definition) is 5. The largest absolute Gasteiger partial charge is 0.480 e. The van der Waals surface area contributed by atoms with Crippen LogP contribution >= 0.6 is 0 Å². The smallest absolute Gasteiger partial charge is 0.408 e. The van der Waals surface area contributed by atoms with Gasteiger partial charge < -0.3 is 25.8 Å². The molecule has 1 aromatic carbocycles. The van der Waals surface area contributed by atoms with Gasteiger partial charge in [0.15, 0.2) is 5.54 Å². The fraction of sp³-hybridized carbons (Fsp3) is 0.444. The number of ether oxygens (including phenoxy) is 1. The summed E-state index contributed by atoms with van der Waals surface area (Å²) in [5.41, 5.74) is -2.07. The molecule has 3 atom stereocenters. The lowest BCUT2D eigenvalue weighted by molar-refractivity contribution is -0.142. The summed E-state index contributed by atoms with van der Waals surface area (Å²) in [4.78, 5) is 46.8. The van der Waals surface area contributed by atoms with Crippen LogP contribution in [0.2, 0.25) is 0 Å². The number of carboxylic acid groups (broad SMARTS) is 1. The third-order valence-corrected chi connectivity index (χ3v) is 3.95. The van der Waals surface area contributed by atoms with Crippen molar-refractivity contribution in [3.63, 3.8) is 0 Å². The summed E-state index contributed by atoms with van der Waals surface area (Å²) in [6.07, 6.45) is -4.57. The zero-order valence-corrected chi connectivity index (χ0v) is 16.1. The molecule has 0 heterocycles. The predicted molar refractivity (Wildman–Crippen MR) is 97.0 cm³/mol. The lowest BCUT2D eigenvalue weighted by atomic mass is 10.0. The SMILES string of the molecule is C[C@H](NC(=O)[C@H](C)NC(=O)C(C)(NC(=O)OCc1ccccc1)C(F)F)C(=O)O. The van der Waals surface area contributed by atoms with Crippen LogP contribution in [0.1, 0.15) is 26.3 Å². The number of nitrogens with one attached hydrogen (secondary N) is 3. The van der Waals surface area contributed by atoms with E-state index in [9.17, 15) is 28.0 Å². The quantitative estimate of drug-likeness (QED) is 0.476. The molecule has 0 fully saturated rings. The number of amides is 3. The Morgan fingerprint density at radius 3 is 2.17 bits per heavy atom. The molecule has 0 aliphatic heterocycles. The highest BCUT2D eigenvalue weighted by atomic mass is 19.3. The predicted octanol–water partition coefficient (Wildman–Crippen LogP) is 1.03. The van der Waals surface area contributed by atoms with Crippen molar-refractivity contribution in [1.82, 2.24) is 16.0 Å². The van der Waals surface area contributed by atoms with E-state index in [1.807, 2.05) is 10.6 Å². The van der Waals surface area contributed by atoms with Crippen LogP contribution in [-0.4, -0.2) is 53.0 Å². The molecule has 1 unspecified atom stereocenters. The summed E-state index contributed by atoms with van der Waals surface area (Å²) < 4.78 is 31.9. The molecule has 0 radical (unpaired) electrons. The van der Waals surface area contributed by atoms with Crippen LogP contribution in [0.3, 0.4) is 0 Å². The molecule has 0 saturated carbocycles. The summed E-state index contributed by atoms with van der Waals surface area (Å²) in [7, 11) is 0. The number of rotatable bonds is 9. The van der Waals surface area contributed by atoms with Crippen LogP contribution in [0.5, 0.6) is 0 Å². The maximum absolute atomic E-state index is 13.5. The molecule has 4 N–H and O–H groups in total. The van der Waals surface area contributed by atoms with Crippen LogP contribution in [0.4, 0.5) is 13.6 Å². The first-order chi connectivity index (χ1) is 13.5. The van der Waals surface area contributed by atoms with Gasteiger partial charge in [-0.25, -0.2) is 13.6 Å². The maximum atomic E-state index is 13.5. The molecule has 11 heteroatoms. The van der Waals surface area contributed by atoms with Gasteiger partial charge in [-0.15, -0.1) is 0 Å². The van der Waals surface area contributed by atoms with Crippen molar-refractivity contribution in [2.24, 2.45) is 0 Å². The van der Waals surface area contributed by atoms with Gasteiger partial charge in [0, 0.05) is 0 Å².